The molecule has 0 saturated carbocycles. The lowest BCUT2D eigenvalue weighted by atomic mass is 9.95. The molecule has 1 heterocycles. The highest BCUT2D eigenvalue weighted by atomic mass is 16.5. The lowest BCUT2D eigenvalue weighted by molar-refractivity contribution is 0.102. The van der Waals surface area contributed by atoms with Crippen LogP contribution >= 0.6 is 0 Å². The van der Waals surface area contributed by atoms with E-state index in [1.54, 1.807) is 18.2 Å². The van der Waals surface area contributed by atoms with E-state index in [0.29, 0.717) is 34.0 Å². The van der Waals surface area contributed by atoms with Crippen LogP contribution in [-0.4, -0.2) is 29.9 Å². The van der Waals surface area contributed by atoms with Crippen molar-refractivity contribution in [2.75, 3.05) is 19.5 Å². The minimum absolute atomic E-state index is 0.0116. The van der Waals surface area contributed by atoms with Gasteiger partial charge in [-0.15, -0.1) is 0 Å². The van der Waals surface area contributed by atoms with Gasteiger partial charge < -0.3 is 14.8 Å². The van der Waals surface area contributed by atoms with Crippen LogP contribution in [0.4, 0.5) is 5.69 Å². The van der Waals surface area contributed by atoms with E-state index in [4.69, 9.17) is 9.47 Å². The predicted octanol–water partition coefficient (Wildman–Crippen LogP) is 4.38. The smallest absolute Gasteiger partial charge is 0.280 e. The third kappa shape index (κ3) is 4.34. The number of carbonyl (C=O) groups is 1. The molecule has 0 atom stereocenters. The normalized spacial score (nSPS) is 10.5. The molecular weight excluding hydrogens is 418 g/mol. The highest BCUT2D eigenvalue weighted by Gasteiger charge is 2.25. The number of methoxy groups -OCH3 is 2. The molecule has 1 amide bonds. The van der Waals surface area contributed by atoms with Crippen molar-refractivity contribution in [1.29, 1.82) is 0 Å². The molecule has 0 bridgehead atoms. The Morgan fingerprint density at radius 3 is 2.12 bits per heavy atom. The summed E-state index contributed by atoms with van der Waals surface area (Å²) < 4.78 is 11.8. The van der Waals surface area contributed by atoms with Gasteiger partial charge in [-0.2, -0.15) is 5.10 Å². The van der Waals surface area contributed by atoms with E-state index in [2.05, 4.69) is 10.4 Å². The maximum absolute atomic E-state index is 13.6. The van der Waals surface area contributed by atoms with E-state index in [0.717, 1.165) is 5.56 Å². The summed E-state index contributed by atoms with van der Waals surface area (Å²) >= 11 is 0. The highest BCUT2D eigenvalue weighted by Crippen LogP contribution is 2.34. The van der Waals surface area contributed by atoms with Crippen molar-refractivity contribution in [3.63, 3.8) is 0 Å². The molecule has 7 nitrogen and oxygen atoms in total. The first-order valence-electron chi connectivity index (χ1n) is 10.3. The Hall–Kier alpha value is -4.39. The van der Waals surface area contributed by atoms with Crippen LogP contribution in [0.25, 0.3) is 22.4 Å². The van der Waals surface area contributed by atoms with Crippen molar-refractivity contribution in [2.45, 2.75) is 0 Å². The van der Waals surface area contributed by atoms with Gasteiger partial charge in [-0.25, -0.2) is 4.68 Å². The summed E-state index contributed by atoms with van der Waals surface area (Å²) in [6.07, 6.45) is 0. The largest absolute Gasteiger partial charge is 0.497 e. The fraction of sp³-hybridized carbons (Fsp3) is 0.115. The average Bonchev–Trinajstić information content (AvgIpc) is 2.86. The number of carbonyl (C=O) groups excluding carboxylic acids is 1. The van der Waals surface area contributed by atoms with E-state index in [1.807, 2.05) is 60.7 Å². The number of benzene rings is 3. The van der Waals surface area contributed by atoms with Crippen LogP contribution in [0.2, 0.25) is 0 Å². The zero-order valence-electron chi connectivity index (χ0n) is 18.5. The Morgan fingerprint density at radius 2 is 1.52 bits per heavy atom. The van der Waals surface area contributed by atoms with E-state index in [9.17, 15) is 9.59 Å². The van der Waals surface area contributed by atoms with Crippen molar-refractivity contribution in [3.8, 4) is 33.9 Å². The molecule has 7 heteroatoms. The second kappa shape index (κ2) is 9.40. The standard InChI is InChI=1S/C26H23N3O4/c1-29-26(31)23(25(30)27-20-16-19(32-2)14-15-21(20)33-3)22(17-10-6-4-7-11-17)24(28-29)18-12-8-5-9-13-18/h4-16H,1-3H3,(H,27,30). The molecule has 0 spiro atoms. The van der Waals surface area contributed by atoms with Gasteiger partial charge in [0.1, 0.15) is 17.1 Å². The first-order chi connectivity index (χ1) is 16.0. The van der Waals surface area contributed by atoms with Crippen LogP contribution in [0.3, 0.4) is 0 Å². The first kappa shape index (κ1) is 21.8. The maximum atomic E-state index is 13.6. The lowest BCUT2D eigenvalue weighted by Crippen LogP contribution is -2.31. The predicted molar refractivity (Wildman–Crippen MR) is 128 cm³/mol. The molecule has 4 aromatic rings. The third-order valence-electron chi connectivity index (χ3n) is 5.24. The number of rotatable bonds is 6. The molecule has 1 aromatic heterocycles. The number of aryl methyl sites for hydroxylation is 1. The van der Waals surface area contributed by atoms with Gasteiger partial charge in [0, 0.05) is 24.2 Å². The van der Waals surface area contributed by atoms with Gasteiger partial charge in [-0.1, -0.05) is 60.7 Å². The van der Waals surface area contributed by atoms with E-state index >= 15 is 0 Å². The number of hydrogen-bond donors (Lipinski definition) is 1. The lowest BCUT2D eigenvalue weighted by Gasteiger charge is -2.17. The summed E-state index contributed by atoms with van der Waals surface area (Å²) in [6.45, 7) is 0. The zero-order valence-corrected chi connectivity index (χ0v) is 18.5. The van der Waals surface area contributed by atoms with Crippen molar-refractivity contribution >= 4 is 11.6 Å². The molecule has 0 aliphatic carbocycles. The number of nitrogens with zero attached hydrogens (tertiary/aromatic N) is 2. The Labute approximate surface area is 191 Å². The summed E-state index contributed by atoms with van der Waals surface area (Å²) in [4.78, 5) is 26.8. The van der Waals surface area contributed by atoms with Gasteiger partial charge in [-0.05, 0) is 17.7 Å². The minimum atomic E-state index is -0.569. The van der Waals surface area contributed by atoms with Crippen molar-refractivity contribution in [1.82, 2.24) is 9.78 Å². The van der Waals surface area contributed by atoms with Gasteiger partial charge in [0.05, 0.1) is 25.6 Å². The number of ether oxygens (including phenoxy) is 2. The second-order valence-corrected chi connectivity index (χ2v) is 7.28. The molecule has 0 aliphatic rings. The molecular formula is C26H23N3O4. The van der Waals surface area contributed by atoms with Crippen molar-refractivity contribution in [3.05, 3.63) is 94.8 Å². The molecule has 0 unspecified atom stereocenters. The van der Waals surface area contributed by atoms with Gasteiger partial charge in [0.25, 0.3) is 11.5 Å². The maximum Gasteiger partial charge on any atom is 0.280 e. The van der Waals surface area contributed by atoms with Crippen molar-refractivity contribution < 1.29 is 14.3 Å². The van der Waals surface area contributed by atoms with E-state index in [-0.39, 0.29) is 5.56 Å². The molecule has 0 saturated heterocycles. The van der Waals surface area contributed by atoms with Crippen LogP contribution in [0.5, 0.6) is 11.5 Å². The van der Waals surface area contributed by atoms with Crippen molar-refractivity contribution in [2.24, 2.45) is 7.05 Å². The molecule has 4 rings (SSSR count). The Bertz CT molecular complexity index is 1350. The number of amides is 1. The Morgan fingerprint density at radius 1 is 0.879 bits per heavy atom. The zero-order chi connectivity index (χ0) is 23.4. The minimum Gasteiger partial charge on any atom is -0.497 e. The molecule has 166 valence electrons. The van der Waals surface area contributed by atoms with E-state index < -0.39 is 11.5 Å². The fourth-order valence-corrected chi connectivity index (χ4v) is 3.62. The average molecular weight is 441 g/mol. The number of aromatic nitrogens is 2. The summed E-state index contributed by atoms with van der Waals surface area (Å²) in [5, 5.41) is 7.33. The van der Waals surface area contributed by atoms with Crippen LogP contribution < -0.4 is 20.3 Å². The molecule has 3 aromatic carbocycles. The summed E-state index contributed by atoms with van der Waals surface area (Å²) in [6, 6.07) is 23.8. The molecule has 0 radical (unpaired) electrons. The third-order valence-corrected chi connectivity index (χ3v) is 5.24. The monoisotopic (exact) mass is 441 g/mol. The van der Waals surface area contributed by atoms with Crippen LogP contribution in [0, 0.1) is 0 Å². The van der Waals surface area contributed by atoms with Gasteiger partial charge in [0.15, 0.2) is 0 Å². The fourth-order valence-electron chi connectivity index (χ4n) is 3.62. The SMILES string of the molecule is COc1ccc(OC)c(NC(=O)c2c(-c3ccccc3)c(-c3ccccc3)nn(C)c2=O)c1. The molecule has 0 aliphatic heterocycles. The number of nitrogens with one attached hydrogen (secondary N) is 1. The van der Waals surface area contributed by atoms with Crippen LogP contribution in [0.15, 0.2) is 83.7 Å². The Balaban J connectivity index is 1.94. The molecule has 0 fully saturated rings. The number of anilines is 1. The Kier molecular flexibility index (Phi) is 6.22. The molecule has 33 heavy (non-hydrogen) atoms. The van der Waals surface area contributed by atoms with Gasteiger partial charge in [0.2, 0.25) is 0 Å². The topological polar surface area (TPSA) is 82.4 Å². The highest BCUT2D eigenvalue weighted by molar-refractivity contribution is 6.11. The summed E-state index contributed by atoms with van der Waals surface area (Å²) in [5.74, 6) is 0.419. The quantitative estimate of drug-likeness (QED) is 0.480. The van der Waals surface area contributed by atoms with E-state index in [1.165, 1.54) is 25.9 Å². The summed E-state index contributed by atoms with van der Waals surface area (Å²) in [7, 11) is 4.57. The van der Waals surface area contributed by atoms with Gasteiger partial charge in [-0.3, -0.25) is 9.59 Å². The van der Waals surface area contributed by atoms with Crippen LogP contribution in [-0.2, 0) is 7.05 Å². The molecule has 1 N–H and O–H groups in total. The van der Waals surface area contributed by atoms with Gasteiger partial charge >= 0.3 is 0 Å². The van der Waals surface area contributed by atoms with Crippen LogP contribution in [0.1, 0.15) is 10.4 Å². The summed E-state index contributed by atoms with van der Waals surface area (Å²) in [5.41, 5.74) is 2.37. The first-order valence-corrected chi connectivity index (χ1v) is 10.3. The second-order valence-electron chi connectivity index (χ2n) is 7.28. The number of hydrogen-bond acceptors (Lipinski definition) is 5.